The number of hydrogen-bond donors (Lipinski definition) is 0. The summed E-state index contributed by atoms with van der Waals surface area (Å²) in [6, 6.07) is 2.23. The second kappa shape index (κ2) is 3.30. The molecule has 0 aliphatic heterocycles. The molecular weight excluding hydrogens is 202 g/mol. The summed E-state index contributed by atoms with van der Waals surface area (Å²) in [5.74, 6) is 0.566. The van der Waals surface area contributed by atoms with Crippen molar-refractivity contribution in [2.45, 2.75) is 39.0 Å². The second-order valence-corrected chi connectivity index (χ2v) is 5.12. The van der Waals surface area contributed by atoms with Gasteiger partial charge in [0.25, 0.3) is 5.69 Å². The Morgan fingerprint density at radius 1 is 1.25 bits per heavy atom. The van der Waals surface area contributed by atoms with E-state index >= 15 is 0 Å². The van der Waals surface area contributed by atoms with Gasteiger partial charge in [-0.3, -0.25) is 10.1 Å². The molecule has 0 fully saturated rings. The van der Waals surface area contributed by atoms with E-state index < -0.39 is 0 Å². The number of nitrogens with zero attached hydrogens (tertiary/aromatic N) is 1. The zero-order valence-corrected chi connectivity index (χ0v) is 9.45. The van der Waals surface area contributed by atoms with Crippen LogP contribution in [0.4, 0.5) is 5.69 Å². The van der Waals surface area contributed by atoms with E-state index in [1.807, 2.05) is 0 Å². The van der Waals surface area contributed by atoms with E-state index in [1.54, 1.807) is 0 Å². The van der Waals surface area contributed by atoms with E-state index in [1.165, 1.54) is 11.1 Å². The Labute approximate surface area is 94.6 Å². The predicted molar refractivity (Wildman–Crippen MR) is 61.7 cm³/mol. The van der Waals surface area contributed by atoms with E-state index in [9.17, 15) is 10.1 Å². The van der Waals surface area contributed by atoms with Gasteiger partial charge in [-0.2, -0.15) is 0 Å². The molecule has 0 saturated carbocycles. The van der Waals surface area contributed by atoms with Crippen LogP contribution in [0.1, 0.15) is 35.6 Å². The van der Waals surface area contributed by atoms with Gasteiger partial charge in [0.1, 0.15) is 0 Å². The SMILES string of the molecule is CC1Cc2cc3c(c([N+](=O)[O-])c2C1)CCC3. The van der Waals surface area contributed by atoms with Crippen LogP contribution in [0.2, 0.25) is 0 Å². The Morgan fingerprint density at radius 2 is 2.06 bits per heavy atom. The Hall–Kier alpha value is -1.38. The van der Waals surface area contributed by atoms with Crippen LogP contribution in [0.5, 0.6) is 0 Å². The van der Waals surface area contributed by atoms with Crippen molar-refractivity contribution in [2.24, 2.45) is 5.92 Å². The molecular formula is C13H15NO2. The van der Waals surface area contributed by atoms with Gasteiger partial charge >= 0.3 is 0 Å². The average molecular weight is 217 g/mol. The number of hydrogen-bond acceptors (Lipinski definition) is 2. The molecule has 16 heavy (non-hydrogen) atoms. The molecule has 1 unspecified atom stereocenters. The minimum Gasteiger partial charge on any atom is -0.258 e. The maximum Gasteiger partial charge on any atom is 0.276 e. The van der Waals surface area contributed by atoms with E-state index in [0.29, 0.717) is 11.6 Å². The predicted octanol–water partition coefficient (Wildman–Crippen LogP) is 2.82. The van der Waals surface area contributed by atoms with Crippen molar-refractivity contribution >= 4 is 5.69 Å². The lowest BCUT2D eigenvalue weighted by Gasteiger charge is -2.06. The van der Waals surface area contributed by atoms with Crippen molar-refractivity contribution in [3.8, 4) is 0 Å². The van der Waals surface area contributed by atoms with Crippen LogP contribution in [-0.4, -0.2) is 4.92 Å². The molecule has 1 atom stereocenters. The van der Waals surface area contributed by atoms with Gasteiger partial charge in [-0.05, 0) is 49.1 Å². The van der Waals surface area contributed by atoms with Gasteiger partial charge in [0.15, 0.2) is 0 Å². The minimum atomic E-state index is -0.152. The first-order valence-corrected chi connectivity index (χ1v) is 5.97. The zero-order valence-electron chi connectivity index (χ0n) is 9.45. The van der Waals surface area contributed by atoms with E-state index in [4.69, 9.17) is 0 Å². The molecule has 1 aromatic rings. The molecule has 3 rings (SSSR count). The summed E-state index contributed by atoms with van der Waals surface area (Å²) in [5, 5.41) is 11.2. The third-order valence-corrected chi connectivity index (χ3v) is 3.87. The molecule has 0 radical (unpaired) electrons. The quantitative estimate of drug-likeness (QED) is 0.536. The number of rotatable bonds is 1. The Kier molecular flexibility index (Phi) is 2.03. The highest BCUT2D eigenvalue weighted by Crippen LogP contribution is 2.41. The number of nitro benzene ring substituents is 1. The summed E-state index contributed by atoms with van der Waals surface area (Å²) in [4.78, 5) is 11.1. The maximum atomic E-state index is 11.2. The third kappa shape index (κ3) is 1.27. The van der Waals surface area contributed by atoms with Gasteiger partial charge < -0.3 is 0 Å². The minimum absolute atomic E-state index is 0.152. The summed E-state index contributed by atoms with van der Waals surface area (Å²) in [7, 11) is 0. The van der Waals surface area contributed by atoms with Crippen molar-refractivity contribution < 1.29 is 4.92 Å². The summed E-state index contributed by atoms with van der Waals surface area (Å²) < 4.78 is 0. The van der Waals surface area contributed by atoms with E-state index in [0.717, 1.165) is 43.2 Å². The van der Waals surface area contributed by atoms with Crippen LogP contribution < -0.4 is 0 Å². The first-order valence-electron chi connectivity index (χ1n) is 5.97. The number of aryl methyl sites for hydroxylation is 1. The van der Waals surface area contributed by atoms with Crippen LogP contribution in [0.25, 0.3) is 0 Å². The van der Waals surface area contributed by atoms with Gasteiger partial charge in [-0.25, -0.2) is 0 Å². The average Bonchev–Trinajstić information content (AvgIpc) is 2.77. The van der Waals surface area contributed by atoms with Gasteiger partial charge in [0.05, 0.1) is 4.92 Å². The maximum absolute atomic E-state index is 11.2. The van der Waals surface area contributed by atoms with E-state index in [-0.39, 0.29) is 4.92 Å². The largest absolute Gasteiger partial charge is 0.276 e. The summed E-state index contributed by atoms with van der Waals surface area (Å²) in [6.07, 6.45) is 4.90. The fourth-order valence-corrected chi connectivity index (χ4v) is 3.25. The first-order chi connectivity index (χ1) is 7.66. The number of benzene rings is 1. The third-order valence-electron chi connectivity index (χ3n) is 3.87. The van der Waals surface area contributed by atoms with Crippen molar-refractivity contribution in [3.63, 3.8) is 0 Å². The molecule has 0 spiro atoms. The Bertz CT molecular complexity index is 479. The van der Waals surface area contributed by atoms with Gasteiger partial charge in [0, 0.05) is 11.1 Å². The summed E-state index contributed by atoms with van der Waals surface area (Å²) in [6.45, 7) is 2.18. The molecule has 0 amide bonds. The lowest BCUT2D eigenvalue weighted by Crippen LogP contribution is -2.01. The Balaban J connectivity index is 2.25. The van der Waals surface area contributed by atoms with Gasteiger partial charge in [-0.15, -0.1) is 0 Å². The molecule has 0 heterocycles. The monoisotopic (exact) mass is 217 g/mol. The zero-order chi connectivity index (χ0) is 11.3. The lowest BCUT2D eigenvalue weighted by atomic mass is 9.99. The molecule has 0 saturated heterocycles. The highest BCUT2D eigenvalue weighted by molar-refractivity contribution is 5.59. The molecule has 2 aliphatic rings. The van der Waals surface area contributed by atoms with Crippen molar-refractivity contribution in [3.05, 3.63) is 38.4 Å². The molecule has 0 N–H and O–H groups in total. The fraction of sp³-hybridized carbons (Fsp3) is 0.538. The molecule has 2 aliphatic carbocycles. The molecule has 84 valence electrons. The topological polar surface area (TPSA) is 43.1 Å². The van der Waals surface area contributed by atoms with Crippen LogP contribution in [0, 0.1) is 16.0 Å². The Morgan fingerprint density at radius 3 is 2.81 bits per heavy atom. The van der Waals surface area contributed by atoms with Crippen molar-refractivity contribution in [1.82, 2.24) is 0 Å². The highest BCUT2D eigenvalue weighted by Gasteiger charge is 2.32. The fourth-order valence-electron chi connectivity index (χ4n) is 3.25. The number of fused-ring (bicyclic) bond motifs is 2. The molecule has 0 bridgehead atoms. The number of nitro groups is 1. The van der Waals surface area contributed by atoms with Crippen LogP contribution in [-0.2, 0) is 25.7 Å². The van der Waals surface area contributed by atoms with E-state index in [2.05, 4.69) is 13.0 Å². The van der Waals surface area contributed by atoms with Crippen molar-refractivity contribution in [1.29, 1.82) is 0 Å². The molecule has 1 aromatic carbocycles. The molecule has 0 aromatic heterocycles. The summed E-state index contributed by atoms with van der Waals surface area (Å²) >= 11 is 0. The van der Waals surface area contributed by atoms with Crippen LogP contribution in [0.3, 0.4) is 0 Å². The van der Waals surface area contributed by atoms with Crippen LogP contribution in [0.15, 0.2) is 6.07 Å². The van der Waals surface area contributed by atoms with Gasteiger partial charge in [-0.1, -0.05) is 13.0 Å². The molecule has 3 nitrogen and oxygen atoms in total. The first kappa shape index (κ1) is 9.82. The normalized spacial score (nSPS) is 21.9. The molecule has 3 heteroatoms. The highest BCUT2D eigenvalue weighted by atomic mass is 16.6. The second-order valence-electron chi connectivity index (χ2n) is 5.12. The summed E-state index contributed by atoms with van der Waals surface area (Å²) in [5.41, 5.74) is 4.98. The lowest BCUT2D eigenvalue weighted by molar-refractivity contribution is -0.386. The van der Waals surface area contributed by atoms with Crippen LogP contribution >= 0.6 is 0 Å². The van der Waals surface area contributed by atoms with Gasteiger partial charge in [0.2, 0.25) is 0 Å². The standard InChI is InChI=1S/C13H15NO2/c1-8-5-10-7-9-3-2-4-11(9)13(14(15)16)12(10)6-8/h7-8H,2-6H2,1H3. The smallest absolute Gasteiger partial charge is 0.258 e. The van der Waals surface area contributed by atoms with Crippen molar-refractivity contribution in [2.75, 3.05) is 0 Å².